The Kier molecular flexibility index (Phi) is 5.31. The molecule has 2 aromatic carbocycles. The second-order valence-corrected chi connectivity index (χ2v) is 5.76. The topological polar surface area (TPSA) is 112 Å². The number of hydrogen-bond donors (Lipinski definition) is 4. The third-order valence-corrected chi connectivity index (χ3v) is 3.97. The SMILES string of the molecule is O=C(NCCC(O)C(=O)NO)c1ccc(-c2cc3ccccc3o2)cc1. The van der Waals surface area contributed by atoms with Crippen molar-refractivity contribution in [3.05, 3.63) is 60.2 Å². The molecule has 26 heavy (non-hydrogen) atoms. The minimum Gasteiger partial charge on any atom is -0.456 e. The molecule has 2 amide bonds. The molecule has 1 unspecified atom stereocenters. The molecule has 1 atom stereocenters. The van der Waals surface area contributed by atoms with Crippen molar-refractivity contribution in [1.82, 2.24) is 10.8 Å². The molecular weight excluding hydrogens is 336 g/mol. The lowest BCUT2D eigenvalue weighted by molar-refractivity contribution is -0.138. The Morgan fingerprint density at radius 1 is 1.08 bits per heavy atom. The monoisotopic (exact) mass is 354 g/mol. The van der Waals surface area contributed by atoms with Crippen LogP contribution in [0.3, 0.4) is 0 Å². The maximum absolute atomic E-state index is 12.1. The number of aliphatic hydroxyl groups is 1. The quantitative estimate of drug-likeness (QED) is 0.400. The summed E-state index contributed by atoms with van der Waals surface area (Å²) >= 11 is 0. The zero-order valence-electron chi connectivity index (χ0n) is 13.8. The predicted octanol–water partition coefficient (Wildman–Crippen LogP) is 2.09. The number of amides is 2. The number of benzene rings is 2. The minimum absolute atomic E-state index is 0.00476. The van der Waals surface area contributed by atoms with Crippen LogP contribution in [0, 0.1) is 0 Å². The van der Waals surface area contributed by atoms with E-state index in [1.54, 1.807) is 24.3 Å². The van der Waals surface area contributed by atoms with Gasteiger partial charge in [-0.3, -0.25) is 14.8 Å². The Balaban J connectivity index is 1.61. The van der Waals surface area contributed by atoms with Crippen LogP contribution in [0.15, 0.2) is 59.0 Å². The maximum Gasteiger partial charge on any atom is 0.272 e. The van der Waals surface area contributed by atoms with Gasteiger partial charge < -0.3 is 14.8 Å². The molecule has 0 aliphatic rings. The van der Waals surface area contributed by atoms with Crippen molar-refractivity contribution in [1.29, 1.82) is 0 Å². The van der Waals surface area contributed by atoms with E-state index in [1.807, 2.05) is 30.3 Å². The summed E-state index contributed by atoms with van der Waals surface area (Å²) < 4.78 is 5.79. The zero-order valence-corrected chi connectivity index (χ0v) is 13.8. The molecule has 7 heteroatoms. The van der Waals surface area contributed by atoms with Gasteiger partial charge >= 0.3 is 0 Å². The molecule has 134 valence electrons. The van der Waals surface area contributed by atoms with Gasteiger partial charge in [-0.2, -0.15) is 0 Å². The highest BCUT2D eigenvalue weighted by molar-refractivity contribution is 5.94. The number of fused-ring (bicyclic) bond motifs is 1. The van der Waals surface area contributed by atoms with E-state index in [4.69, 9.17) is 9.62 Å². The fourth-order valence-corrected chi connectivity index (χ4v) is 2.54. The molecule has 0 saturated heterocycles. The van der Waals surface area contributed by atoms with Crippen LogP contribution in [0.1, 0.15) is 16.8 Å². The van der Waals surface area contributed by atoms with Crippen LogP contribution in [0.25, 0.3) is 22.3 Å². The number of hydroxylamine groups is 1. The van der Waals surface area contributed by atoms with Gasteiger partial charge in [0.25, 0.3) is 11.8 Å². The van der Waals surface area contributed by atoms with Crippen molar-refractivity contribution in [2.24, 2.45) is 0 Å². The fraction of sp³-hybridized carbons (Fsp3) is 0.158. The molecule has 0 fully saturated rings. The van der Waals surface area contributed by atoms with Crippen molar-refractivity contribution >= 4 is 22.8 Å². The number of hydrogen-bond acceptors (Lipinski definition) is 5. The van der Waals surface area contributed by atoms with Gasteiger partial charge in [-0.05, 0) is 30.7 Å². The highest BCUT2D eigenvalue weighted by atomic mass is 16.5. The summed E-state index contributed by atoms with van der Waals surface area (Å²) in [4.78, 5) is 23.0. The van der Waals surface area contributed by atoms with E-state index in [1.165, 1.54) is 5.48 Å². The van der Waals surface area contributed by atoms with Crippen molar-refractivity contribution in [2.75, 3.05) is 6.54 Å². The summed E-state index contributed by atoms with van der Waals surface area (Å²) in [5, 5.41) is 21.4. The standard InChI is InChI=1S/C19H18N2O5/c22-15(19(24)21-25)9-10-20-18(23)13-7-5-12(6-8-13)17-11-14-3-1-2-4-16(14)26-17/h1-8,11,15,22,25H,9-10H2,(H,20,23)(H,21,24). The second kappa shape index (κ2) is 7.81. The van der Waals surface area contributed by atoms with E-state index < -0.39 is 12.0 Å². The largest absolute Gasteiger partial charge is 0.456 e. The highest BCUT2D eigenvalue weighted by Crippen LogP contribution is 2.27. The fourth-order valence-electron chi connectivity index (χ4n) is 2.54. The first-order chi connectivity index (χ1) is 12.6. The molecule has 0 radical (unpaired) electrons. The van der Waals surface area contributed by atoms with Crippen LogP contribution in [0.4, 0.5) is 0 Å². The van der Waals surface area contributed by atoms with Crippen LogP contribution in [-0.4, -0.2) is 34.8 Å². The van der Waals surface area contributed by atoms with Crippen LogP contribution < -0.4 is 10.8 Å². The zero-order chi connectivity index (χ0) is 18.5. The first kappa shape index (κ1) is 17.7. The lowest BCUT2D eigenvalue weighted by Gasteiger charge is -2.09. The molecule has 0 aliphatic carbocycles. The molecular formula is C19H18N2O5. The molecule has 3 aromatic rings. The smallest absolute Gasteiger partial charge is 0.272 e. The molecule has 1 heterocycles. The Hall–Kier alpha value is -3.16. The lowest BCUT2D eigenvalue weighted by Crippen LogP contribution is -2.35. The minimum atomic E-state index is -1.38. The van der Waals surface area contributed by atoms with Gasteiger partial charge in [0.05, 0.1) is 0 Å². The number of aliphatic hydroxyl groups excluding tert-OH is 1. The van der Waals surface area contributed by atoms with Crippen molar-refractivity contribution in [3.8, 4) is 11.3 Å². The molecule has 1 aromatic heterocycles. The summed E-state index contributed by atoms with van der Waals surface area (Å²) in [5.41, 5.74) is 3.46. The van der Waals surface area contributed by atoms with E-state index in [0.717, 1.165) is 22.3 Å². The van der Waals surface area contributed by atoms with Crippen LogP contribution in [0.5, 0.6) is 0 Å². The molecule has 7 nitrogen and oxygen atoms in total. The van der Waals surface area contributed by atoms with Gasteiger partial charge in [-0.1, -0.05) is 30.3 Å². The van der Waals surface area contributed by atoms with Crippen LogP contribution in [0.2, 0.25) is 0 Å². The number of para-hydroxylation sites is 1. The van der Waals surface area contributed by atoms with Gasteiger partial charge in [0.15, 0.2) is 0 Å². The Morgan fingerprint density at radius 2 is 1.81 bits per heavy atom. The summed E-state index contributed by atoms with van der Waals surface area (Å²) in [7, 11) is 0. The highest BCUT2D eigenvalue weighted by Gasteiger charge is 2.14. The maximum atomic E-state index is 12.1. The number of rotatable bonds is 6. The number of carbonyl (C=O) groups is 2. The molecule has 0 aliphatic heterocycles. The Bertz CT molecular complexity index is 884. The third-order valence-electron chi connectivity index (χ3n) is 3.97. The van der Waals surface area contributed by atoms with Crippen LogP contribution in [-0.2, 0) is 4.79 Å². The number of nitrogens with one attached hydrogen (secondary N) is 2. The average Bonchev–Trinajstić information content (AvgIpc) is 3.11. The van der Waals surface area contributed by atoms with Gasteiger partial charge in [-0.25, -0.2) is 5.48 Å². The summed E-state index contributed by atoms with van der Waals surface area (Å²) in [5.74, 6) is -0.511. The predicted molar refractivity (Wildman–Crippen MR) is 94.5 cm³/mol. The molecule has 0 bridgehead atoms. The Morgan fingerprint density at radius 3 is 2.50 bits per heavy atom. The third kappa shape index (κ3) is 3.90. The molecule has 0 saturated carbocycles. The summed E-state index contributed by atoms with van der Waals surface area (Å²) in [6, 6.07) is 16.6. The molecule has 0 spiro atoms. The van der Waals surface area contributed by atoms with Gasteiger partial charge in [0.1, 0.15) is 17.4 Å². The summed E-state index contributed by atoms with van der Waals surface area (Å²) in [6.45, 7) is 0.0960. The van der Waals surface area contributed by atoms with Gasteiger partial charge in [0.2, 0.25) is 0 Å². The van der Waals surface area contributed by atoms with E-state index >= 15 is 0 Å². The first-order valence-corrected chi connectivity index (χ1v) is 8.07. The molecule has 4 N–H and O–H groups in total. The molecule has 3 rings (SSSR count). The average molecular weight is 354 g/mol. The normalized spacial score (nSPS) is 11.9. The van der Waals surface area contributed by atoms with Crippen LogP contribution >= 0.6 is 0 Å². The first-order valence-electron chi connectivity index (χ1n) is 8.07. The lowest BCUT2D eigenvalue weighted by atomic mass is 10.1. The van der Waals surface area contributed by atoms with E-state index in [9.17, 15) is 14.7 Å². The van der Waals surface area contributed by atoms with Gasteiger partial charge in [0, 0.05) is 23.1 Å². The second-order valence-electron chi connectivity index (χ2n) is 5.76. The van der Waals surface area contributed by atoms with E-state index in [-0.39, 0.29) is 18.9 Å². The summed E-state index contributed by atoms with van der Waals surface area (Å²) in [6.07, 6.45) is -1.38. The van der Waals surface area contributed by atoms with Gasteiger partial charge in [-0.15, -0.1) is 0 Å². The van der Waals surface area contributed by atoms with E-state index in [2.05, 4.69) is 5.32 Å². The van der Waals surface area contributed by atoms with Crippen molar-refractivity contribution in [2.45, 2.75) is 12.5 Å². The van der Waals surface area contributed by atoms with Crippen molar-refractivity contribution in [3.63, 3.8) is 0 Å². The Labute approximate surface area is 149 Å². The number of furan rings is 1. The van der Waals surface area contributed by atoms with Crippen molar-refractivity contribution < 1.29 is 24.3 Å². The van der Waals surface area contributed by atoms with E-state index in [0.29, 0.717) is 5.56 Å². The number of carbonyl (C=O) groups excluding carboxylic acids is 2.